The van der Waals surface area contributed by atoms with Crippen LogP contribution in [0.1, 0.15) is 86.8 Å². The Balaban J connectivity index is 1.30. The summed E-state index contributed by atoms with van der Waals surface area (Å²) < 4.78 is 16.1. The van der Waals surface area contributed by atoms with Crippen LogP contribution < -0.4 is 9.47 Å². The van der Waals surface area contributed by atoms with Gasteiger partial charge < -0.3 is 14.0 Å². The van der Waals surface area contributed by atoms with E-state index in [0.29, 0.717) is 17.6 Å². The van der Waals surface area contributed by atoms with Gasteiger partial charge in [-0.3, -0.25) is 0 Å². The van der Waals surface area contributed by atoms with E-state index in [9.17, 15) is 0 Å². The molecule has 7 rings (SSSR count). The maximum Gasteiger partial charge on any atom is 0.161 e. The predicted octanol–water partition coefficient (Wildman–Crippen LogP) is 8.52. The first-order valence-electron chi connectivity index (χ1n) is 18.5. The number of benzene rings is 4. The second-order valence-electron chi connectivity index (χ2n) is 16.5. The number of quaternary nitrogens is 1. The second-order valence-corrected chi connectivity index (χ2v) is 16.5. The Morgan fingerprint density at radius 3 is 1.62 bits per heavy atom. The highest BCUT2D eigenvalue weighted by molar-refractivity contribution is 5.49. The molecule has 1 atom stereocenters. The molecule has 0 fully saturated rings. The van der Waals surface area contributed by atoms with E-state index in [0.717, 1.165) is 53.6 Å². The molecule has 0 N–H and O–H groups in total. The van der Waals surface area contributed by atoms with Gasteiger partial charge in [0.25, 0.3) is 0 Å². The highest BCUT2D eigenvalue weighted by Gasteiger charge is 2.44. The molecule has 0 aliphatic carbocycles. The van der Waals surface area contributed by atoms with Gasteiger partial charge >= 0.3 is 0 Å². The van der Waals surface area contributed by atoms with E-state index in [2.05, 4.69) is 155 Å². The van der Waals surface area contributed by atoms with Crippen molar-refractivity contribution in [1.82, 2.24) is 30.0 Å². The van der Waals surface area contributed by atoms with Gasteiger partial charge in [0.15, 0.2) is 11.5 Å². The first-order valence-corrected chi connectivity index (χ1v) is 18.5. The van der Waals surface area contributed by atoms with E-state index in [1.54, 1.807) is 14.2 Å². The molecule has 0 saturated carbocycles. The third kappa shape index (κ3) is 7.62. The maximum atomic E-state index is 5.89. The molecule has 0 spiro atoms. The summed E-state index contributed by atoms with van der Waals surface area (Å²) in [6.07, 6.45) is 5.87. The number of hydrogen-bond acceptors (Lipinski definition) is 6. The minimum absolute atomic E-state index is 0.0633. The molecule has 1 aliphatic heterocycles. The van der Waals surface area contributed by atoms with Crippen molar-refractivity contribution in [3.8, 4) is 22.9 Å². The van der Waals surface area contributed by atoms with Gasteiger partial charge in [0.05, 0.1) is 44.5 Å². The number of aromatic nitrogens is 6. The van der Waals surface area contributed by atoms with Crippen LogP contribution in [0.4, 0.5) is 0 Å². The Hall–Kier alpha value is -5.28. The number of hydrogen-bond donors (Lipinski definition) is 0. The monoisotopic (exact) mass is 710 g/mol. The number of nitrogens with zero attached hydrogens (tertiary/aromatic N) is 7. The zero-order valence-corrected chi connectivity index (χ0v) is 32.4. The first-order chi connectivity index (χ1) is 25.3. The fraction of sp³-hybridized carbons (Fsp3) is 0.364. The number of fused-ring (bicyclic) bond motifs is 1. The van der Waals surface area contributed by atoms with Gasteiger partial charge in [0.1, 0.15) is 30.5 Å². The summed E-state index contributed by atoms with van der Waals surface area (Å²) in [6.45, 7) is 15.6. The van der Waals surface area contributed by atoms with Crippen molar-refractivity contribution in [2.45, 2.75) is 84.3 Å². The minimum Gasteiger partial charge on any atom is -0.493 e. The molecular weight excluding hydrogens is 659 g/mol. The standard InChI is InChI=1S/C44H52N7O2/c1-43(2,3)33-14-18-37(19-15-33)49-27-35(45-47-49)29-51(30-36-28-50(48-46-36)38-20-16-34(17-21-38)44(4,5)6)23-22-32-25-41(52-7)42(53-8)26-39(32)40(51)24-31-12-10-9-11-13-31/h9-21,25-28,40H,22-24,29-30H2,1-8H3/q+1. The van der Waals surface area contributed by atoms with Crippen LogP contribution in [0.3, 0.4) is 0 Å². The first kappa shape index (κ1) is 36.1. The normalized spacial score (nSPS) is 15.6. The van der Waals surface area contributed by atoms with Gasteiger partial charge in [-0.25, -0.2) is 9.36 Å². The molecule has 9 nitrogen and oxygen atoms in total. The van der Waals surface area contributed by atoms with Crippen LogP contribution in [0, 0.1) is 0 Å². The van der Waals surface area contributed by atoms with E-state index < -0.39 is 0 Å². The molecule has 6 aromatic rings. The van der Waals surface area contributed by atoms with Crippen LogP contribution in [-0.2, 0) is 36.8 Å². The van der Waals surface area contributed by atoms with Crippen LogP contribution in [0.15, 0.2) is 103 Å². The maximum absolute atomic E-state index is 5.89. The summed E-state index contributed by atoms with van der Waals surface area (Å²) >= 11 is 0. The lowest BCUT2D eigenvalue weighted by Crippen LogP contribution is -2.54. The van der Waals surface area contributed by atoms with Gasteiger partial charge in [-0.15, -0.1) is 10.2 Å². The lowest BCUT2D eigenvalue weighted by Gasteiger charge is -2.48. The van der Waals surface area contributed by atoms with Gasteiger partial charge in [-0.2, -0.15) is 0 Å². The lowest BCUT2D eigenvalue weighted by atomic mass is 9.85. The van der Waals surface area contributed by atoms with Crippen molar-refractivity contribution >= 4 is 0 Å². The van der Waals surface area contributed by atoms with Gasteiger partial charge in [0, 0.05) is 18.4 Å². The highest BCUT2D eigenvalue weighted by atomic mass is 16.5. The zero-order chi connectivity index (χ0) is 37.4. The summed E-state index contributed by atoms with van der Waals surface area (Å²) in [4.78, 5) is 0. The molecule has 0 radical (unpaired) electrons. The summed E-state index contributed by atoms with van der Waals surface area (Å²) in [5.74, 6) is 1.49. The minimum atomic E-state index is 0.0633. The van der Waals surface area contributed by atoms with Crippen molar-refractivity contribution in [1.29, 1.82) is 0 Å². The van der Waals surface area contributed by atoms with Crippen LogP contribution in [-0.4, -0.2) is 55.2 Å². The summed E-state index contributed by atoms with van der Waals surface area (Å²) in [5, 5.41) is 18.9. The van der Waals surface area contributed by atoms with E-state index >= 15 is 0 Å². The Morgan fingerprint density at radius 1 is 0.660 bits per heavy atom. The quantitative estimate of drug-likeness (QED) is 0.133. The largest absolute Gasteiger partial charge is 0.493 e. The van der Waals surface area contributed by atoms with Gasteiger partial charge in [0.2, 0.25) is 0 Å². The van der Waals surface area contributed by atoms with Crippen LogP contribution in [0.25, 0.3) is 11.4 Å². The zero-order valence-electron chi connectivity index (χ0n) is 32.4. The third-order valence-corrected chi connectivity index (χ3v) is 10.8. The third-order valence-electron chi connectivity index (χ3n) is 10.8. The van der Waals surface area contributed by atoms with Crippen LogP contribution in [0.5, 0.6) is 11.5 Å². The average Bonchev–Trinajstić information content (AvgIpc) is 3.82. The highest BCUT2D eigenvalue weighted by Crippen LogP contribution is 2.45. The molecule has 274 valence electrons. The van der Waals surface area contributed by atoms with E-state index in [1.165, 1.54) is 27.8 Å². The van der Waals surface area contributed by atoms with Crippen molar-refractivity contribution in [2.24, 2.45) is 0 Å². The molecule has 0 amide bonds. The van der Waals surface area contributed by atoms with E-state index in [-0.39, 0.29) is 16.9 Å². The Kier molecular flexibility index (Phi) is 9.72. The fourth-order valence-corrected chi connectivity index (χ4v) is 7.70. The van der Waals surface area contributed by atoms with Crippen LogP contribution in [0.2, 0.25) is 0 Å². The fourth-order valence-electron chi connectivity index (χ4n) is 7.70. The average molecular weight is 711 g/mol. The molecular formula is C44H52N7O2+. The summed E-state index contributed by atoms with van der Waals surface area (Å²) in [5.41, 5.74) is 10.4. The van der Waals surface area contributed by atoms with Gasteiger partial charge in [-0.1, -0.05) is 107 Å². The lowest BCUT2D eigenvalue weighted by molar-refractivity contribution is -0.984. The number of rotatable bonds is 10. The second kappa shape index (κ2) is 14.3. The Bertz CT molecular complexity index is 2060. The van der Waals surface area contributed by atoms with Gasteiger partial charge in [-0.05, 0) is 69.5 Å². The van der Waals surface area contributed by atoms with Crippen molar-refractivity contribution in [2.75, 3.05) is 20.8 Å². The predicted molar refractivity (Wildman–Crippen MR) is 209 cm³/mol. The Labute approximate surface area is 313 Å². The molecule has 53 heavy (non-hydrogen) atoms. The topological polar surface area (TPSA) is 79.9 Å². The smallest absolute Gasteiger partial charge is 0.161 e. The SMILES string of the molecule is COc1cc2c(cc1OC)C(Cc1ccccc1)[N+](Cc1cn(-c3ccc(C(C)(C)C)cc3)nn1)(Cc1cn(-c3ccc(C(C)(C)C)cc3)nn1)CC2. The van der Waals surface area contributed by atoms with E-state index in [4.69, 9.17) is 19.7 Å². The molecule has 1 unspecified atom stereocenters. The molecule has 1 aliphatic rings. The summed E-state index contributed by atoms with van der Waals surface area (Å²) in [7, 11) is 3.41. The van der Waals surface area contributed by atoms with Crippen molar-refractivity contribution in [3.05, 3.63) is 143 Å². The van der Waals surface area contributed by atoms with Crippen molar-refractivity contribution < 1.29 is 14.0 Å². The van der Waals surface area contributed by atoms with E-state index in [1.807, 2.05) is 9.36 Å². The molecule has 0 bridgehead atoms. The molecule has 4 aromatic carbocycles. The summed E-state index contributed by atoms with van der Waals surface area (Å²) in [6, 6.07) is 32.4. The number of ether oxygens (including phenoxy) is 2. The molecule has 0 saturated heterocycles. The Morgan fingerprint density at radius 2 is 1.15 bits per heavy atom. The molecule has 2 aromatic heterocycles. The van der Waals surface area contributed by atoms with Crippen LogP contribution >= 0.6 is 0 Å². The molecule has 9 heteroatoms. The number of methoxy groups -OCH3 is 2. The van der Waals surface area contributed by atoms with Crippen molar-refractivity contribution in [3.63, 3.8) is 0 Å². The molecule has 3 heterocycles.